The van der Waals surface area contributed by atoms with E-state index in [0.717, 1.165) is 17.6 Å². The average molecular weight is 484 g/mol. The zero-order chi connectivity index (χ0) is 18.2. The lowest BCUT2D eigenvalue weighted by atomic mass is 10.1. The van der Waals surface area contributed by atoms with E-state index in [4.69, 9.17) is 4.74 Å². The number of halogens is 1. The lowest BCUT2D eigenvalue weighted by Crippen LogP contribution is -2.52. The largest absolute Gasteiger partial charge is 0.494 e. The van der Waals surface area contributed by atoms with Crippen molar-refractivity contribution in [2.24, 2.45) is 4.99 Å². The number of ether oxygens (including phenoxy) is 1. The van der Waals surface area contributed by atoms with Crippen molar-refractivity contribution < 1.29 is 13.2 Å². The van der Waals surface area contributed by atoms with Crippen LogP contribution in [0.1, 0.15) is 26.3 Å². The van der Waals surface area contributed by atoms with Crippen molar-refractivity contribution in [2.45, 2.75) is 32.9 Å². The molecule has 0 spiro atoms. The number of rotatable bonds is 8. The van der Waals surface area contributed by atoms with Gasteiger partial charge in [-0.1, -0.05) is 18.2 Å². The number of hydrogen-bond donors (Lipinski definition) is 3. The number of para-hydroxylation sites is 1. The van der Waals surface area contributed by atoms with E-state index in [-0.39, 0.29) is 24.0 Å². The van der Waals surface area contributed by atoms with Crippen molar-refractivity contribution in [2.75, 3.05) is 26.5 Å². The van der Waals surface area contributed by atoms with Crippen LogP contribution in [0.5, 0.6) is 5.75 Å². The summed E-state index contributed by atoms with van der Waals surface area (Å²) in [6.07, 6.45) is 1.15. The van der Waals surface area contributed by atoms with Crippen LogP contribution in [-0.4, -0.2) is 46.4 Å². The van der Waals surface area contributed by atoms with Crippen molar-refractivity contribution in [1.82, 2.24) is 15.4 Å². The first-order valence-corrected chi connectivity index (χ1v) is 9.70. The minimum atomic E-state index is -3.27. The standard InChI is InChI=1S/C16H28N4O3S.HI/c1-6-23-14-10-8-7-9-13(14)11-18-15(17-4)19-12-16(2,3)20-24(5,21)22;/h7-10,20H,6,11-12H2,1-5H3,(H2,17,18,19);1H. The van der Waals surface area contributed by atoms with Crippen LogP contribution in [0, 0.1) is 0 Å². The zero-order valence-electron chi connectivity index (χ0n) is 15.4. The van der Waals surface area contributed by atoms with Crippen molar-refractivity contribution >= 4 is 40.0 Å². The Labute approximate surface area is 168 Å². The van der Waals surface area contributed by atoms with E-state index in [9.17, 15) is 8.42 Å². The van der Waals surface area contributed by atoms with Gasteiger partial charge in [-0.05, 0) is 26.8 Å². The summed E-state index contributed by atoms with van der Waals surface area (Å²) in [6, 6.07) is 7.80. The molecule has 144 valence electrons. The molecule has 0 radical (unpaired) electrons. The summed E-state index contributed by atoms with van der Waals surface area (Å²) >= 11 is 0. The molecule has 0 fully saturated rings. The van der Waals surface area contributed by atoms with Gasteiger partial charge in [0.15, 0.2) is 5.96 Å². The molecule has 0 amide bonds. The highest BCUT2D eigenvalue weighted by Gasteiger charge is 2.22. The van der Waals surface area contributed by atoms with Gasteiger partial charge in [-0.2, -0.15) is 0 Å². The number of hydrogen-bond acceptors (Lipinski definition) is 4. The second kappa shape index (κ2) is 10.8. The SMILES string of the molecule is CCOc1ccccc1CNC(=NC)NCC(C)(C)NS(C)(=O)=O.I. The van der Waals surface area contributed by atoms with Crippen LogP contribution in [0.25, 0.3) is 0 Å². The molecule has 0 aromatic heterocycles. The Bertz CT molecular complexity index is 663. The number of nitrogens with zero attached hydrogens (tertiary/aromatic N) is 1. The Hall–Kier alpha value is -1.07. The second-order valence-corrected chi connectivity index (χ2v) is 7.83. The van der Waals surface area contributed by atoms with Crippen molar-refractivity contribution in [3.05, 3.63) is 29.8 Å². The van der Waals surface area contributed by atoms with Gasteiger partial charge in [-0.15, -0.1) is 24.0 Å². The highest BCUT2D eigenvalue weighted by Crippen LogP contribution is 2.17. The quantitative estimate of drug-likeness (QED) is 0.297. The van der Waals surface area contributed by atoms with Gasteiger partial charge in [0.2, 0.25) is 10.0 Å². The summed E-state index contributed by atoms with van der Waals surface area (Å²) in [4.78, 5) is 4.15. The van der Waals surface area contributed by atoms with Crippen LogP contribution < -0.4 is 20.1 Å². The third-order valence-corrected chi connectivity index (χ3v) is 4.03. The second-order valence-electron chi connectivity index (χ2n) is 6.08. The highest BCUT2D eigenvalue weighted by atomic mass is 127. The van der Waals surface area contributed by atoms with E-state index in [1.54, 1.807) is 20.9 Å². The van der Waals surface area contributed by atoms with Crippen LogP contribution in [0.3, 0.4) is 0 Å². The third kappa shape index (κ3) is 9.85. The topological polar surface area (TPSA) is 91.8 Å². The van der Waals surface area contributed by atoms with Crippen LogP contribution in [-0.2, 0) is 16.6 Å². The molecule has 0 aliphatic rings. The highest BCUT2D eigenvalue weighted by molar-refractivity contribution is 14.0. The molecule has 3 N–H and O–H groups in total. The van der Waals surface area contributed by atoms with E-state index >= 15 is 0 Å². The number of aliphatic imine (C=N–C) groups is 1. The molecular weight excluding hydrogens is 455 g/mol. The maximum atomic E-state index is 11.4. The monoisotopic (exact) mass is 484 g/mol. The Kier molecular flexibility index (Phi) is 10.4. The van der Waals surface area contributed by atoms with Crippen molar-refractivity contribution in [1.29, 1.82) is 0 Å². The summed E-state index contributed by atoms with van der Waals surface area (Å²) in [6.45, 7) is 7.11. The maximum absolute atomic E-state index is 11.4. The van der Waals surface area contributed by atoms with Gasteiger partial charge in [0, 0.05) is 31.2 Å². The number of guanidine groups is 1. The van der Waals surface area contributed by atoms with Gasteiger partial charge in [0.05, 0.1) is 12.9 Å². The lowest BCUT2D eigenvalue weighted by molar-refractivity contribution is 0.336. The molecule has 1 rings (SSSR count). The fourth-order valence-corrected chi connectivity index (χ4v) is 3.26. The molecule has 0 heterocycles. The zero-order valence-corrected chi connectivity index (χ0v) is 18.6. The molecule has 7 nitrogen and oxygen atoms in total. The fourth-order valence-electron chi connectivity index (χ4n) is 2.19. The summed E-state index contributed by atoms with van der Waals surface area (Å²) in [5.74, 6) is 1.42. The molecule has 0 bridgehead atoms. The molecule has 0 aliphatic heterocycles. The predicted molar refractivity (Wildman–Crippen MR) is 113 cm³/mol. The number of sulfonamides is 1. The van der Waals surface area contributed by atoms with Gasteiger partial charge >= 0.3 is 0 Å². The number of benzene rings is 1. The fraction of sp³-hybridized carbons (Fsp3) is 0.562. The summed E-state index contributed by atoms with van der Waals surface area (Å²) in [5.41, 5.74) is 0.393. The smallest absolute Gasteiger partial charge is 0.209 e. The molecule has 1 aromatic carbocycles. The lowest BCUT2D eigenvalue weighted by Gasteiger charge is -2.26. The maximum Gasteiger partial charge on any atom is 0.209 e. The molecular formula is C16H29IN4O3S. The van der Waals surface area contributed by atoms with Gasteiger partial charge in [-0.25, -0.2) is 13.1 Å². The Morgan fingerprint density at radius 3 is 2.44 bits per heavy atom. The Balaban J connectivity index is 0.00000576. The van der Waals surface area contributed by atoms with E-state index in [1.165, 1.54) is 0 Å². The average Bonchev–Trinajstić information content (AvgIpc) is 2.46. The minimum Gasteiger partial charge on any atom is -0.494 e. The molecule has 1 aromatic rings. The molecule has 25 heavy (non-hydrogen) atoms. The summed E-state index contributed by atoms with van der Waals surface area (Å²) < 4.78 is 30.9. The van der Waals surface area contributed by atoms with Gasteiger partial charge in [0.25, 0.3) is 0 Å². The Morgan fingerprint density at radius 2 is 1.88 bits per heavy atom. The first kappa shape index (κ1) is 23.9. The molecule has 0 saturated carbocycles. The van der Waals surface area contributed by atoms with E-state index in [1.807, 2.05) is 31.2 Å². The van der Waals surface area contributed by atoms with Crippen LogP contribution >= 0.6 is 24.0 Å². The van der Waals surface area contributed by atoms with Crippen LogP contribution in [0.4, 0.5) is 0 Å². The first-order valence-electron chi connectivity index (χ1n) is 7.81. The number of nitrogens with one attached hydrogen (secondary N) is 3. The molecule has 9 heteroatoms. The normalized spacial score (nSPS) is 12.3. The van der Waals surface area contributed by atoms with Gasteiger partial charge in [0.1, 0.15) is 5.75 Å². The molecule has 0 saturated heterocycles. The van der Waals surface area contributed by atoms with Gasteiger partial charge in [-0.3, -0.25) is 4.99 Å². The van der Waals surface area contributed by atoms with E-state index in [2.05, 4.69) is 20.3 Å². The van der Waals surface area contributed by atoms with Gasteiger partial charge < -0.3 is 15.4 Å². The van der Waals surface area contributed by atoms with Crippen LogP contribution in [0.15, 0.2) is 29.3 Å². The van der Waals surface area contributed by atoms with Crippen molar-refractivity contribution in [3.8, 4) is 5.75 Å². The van der Waals surface area contributed by atoms with Crippen LogP contribution in [0.2, 0.25) is 0 Å². The third-order valence-electron chi connectivity index (χ3n) is 3.10. The molecule has 0 unspecified atom stereocenters. The van der Waals surface area contributed by atoms with E-state index < -0.39 is 15.6 Å². The Morgan fingerprint density at radius 1 is 1.24 bits per heavy atom. The summed E-state index contributed by atoms with van der Waals surface area (Å²) in [7, 11) is -1.60. The van der Waals surface area contributed by atoms with Crippen molar-refractivity contribution in [3.63, 3.8) is 0 Å². The predicted octanol–water partition coefficient (Wildman–Crippen LogP) is 1.70. The van der Waals surface area contributed by atoms with E-state index in [0.29, 0.717) is 25.7 Å². The molecule has 0 atom stereocenters. The minimum absolute atomic E-state index is 0. The first-order chi connectivity index (χ1) is 11.2. The summed E-state index contributed by atoms with van der Waals surface area (Å²) in [5, 5.41) is 6.33. The molecule has 0 aliphatic carbocycles.